The van der Waals surface area contributed by atoms with Crippen LogP contribution in [0.3, 0.4) is 0 Å². The number of nitrogens with one attached hydrogen (secondary N) is 1. The van der Waals surface area contributed by atoms with Gasteiger partial charge in [-0.25, -0.2) is 8.78 Å². The van der Waals surface area contributed by atoms with Gasteiger partial charge in [-0.1, -0.05) is 24.3 Å². The fourth-order valence-corrected chi connectivity index (χ4v) is 3.58. The average Bonchev–Trinajstić information content (AvgIpc) is 3.28. The van der Waals surface area contributed by atoms with E-state index in [4.69, 9.17) is 14.2 Å². The molecule has 1 amide bonds. The van der Waals surface area contributed by atoms with Crippen molar-refractivity contribution >= 4 is 11.6 Å². The van der Waals surface area contributed by atoms with E-state index in [2.05, 4.69) is 10.4 Å². The summed E-state index contributed by atoms with van der Waals surface area (Å²) >= 11 is 0. The smallest absolute Gasteiger partial charge is 0.262 e. The summed E-state index contributed by atoms with van der Waals surface area (Å²) in [6.45, 7) is 1.31. The van der Waals surface area contributed by atoms with Crippen molar-refractivity contribution in [3.63, 3.8) is 0 Å². The first-order chi connectivity index (χ1) is 17.0. The molecular weight excluding hydrogens is 456 g/mol. The maximum Gasteiger partial charge on any atom is 0.262 e. The molecule has 1 aliphatic rings. The lowest BCUT2D eigenvalue weighted by molar-refractivity contribution is 0.102. The first-order valence-corrected chi connectivity index (χ1v) is 10.9. The van der Waals surface area contributed by atoms with Crippen molar-refractivity contribution < 1.29 is 27.8 Å². The van der Waals surface area contributed by atoms with Crippen LogP contribution in [0, 0.1) is 11.6 Å². The SMILES string of the molecule is O=C(Nc1ccc2c(c1)OCCO2)c1cn(Cc2ccc(F)cc2)nc1OCc1ccc(F)cc1. The number of hydrogen-bond acceptors (Lipinski definition) is 5. The molecule has 0 saturated heterocycles. The number of halogens is 2. The first-order valence-electron chi connectivity index (χ1n) is 10.9. The maximum atomic E-state index is 13.3. The van der Waals surface area contributed by atoms with Crippen LogP contribution in [0.2, 0.25) is 0 Å². The summed E-state index contributed by atoms with van der Waals surface area (Å²) in [6, 6.07) is 17.0. The van der Waals surface area contributed by atoms with Crippen LogP contribution in [0.15, 0.2) is 72.9 Å². The van der Waals surface area contributed by atoms with E-state index in [1.165, 1.54) is 24.3 Å². The quantitative estimate of drug-likeness (QED) is 0.414. The zero-order valence-corrected chi connectivity index (χ0v) is 18.5. The number of rotatable bonds is 7. The van der Waals surface area contributed by atoms with Gasteiger partial charge in [-0.2, -0.15) is 0 Å². The minimum Gasteiger partial charge on any atom is -0.486 e. The number of amides is 1. The molecule has 35 heavy (non-hydrogen) atoms. The molecule has 0 spiro atoms. The molecule has 1 aliphatic heterocycles. The van der Waals surface area contributed by atoms with Gasteiger partial charge in [-0.05, 0) is 47.5 Å². The van der Waals surface area contributed by atoms with Crippen LogP contribution in [-0.2, 0) is 13.2 Å². The lowest BCUT2D eigenvalue weighted by Crippen LogP contribution is -2.16. The van der Waals surface area contributed by atoms with Crippen LogP contribution in [0.4, 0.5) is 14.5 Å². The fraction of sp³-hybridized carbons (Fsp3) is 0.154. The van der Waals surface area contributed by atoms with Crippen LogP contribution < -0.4 is 19.5 Å². The van der Waals surface area contributed by atoms with E-state index >= 15 is 0 Å². The number of fused-ring (bicyclic) bond motifs is 1. The van der Waals surface area contributed by atoms with E-state index in [1.54, 1.807) is 53.3 Å². The highest BCUT2D eigenvalue weighted by molar-refractivity contribution is 6.05. The predicted molar refractivity (Wildman–Crippen MR) is 124 cm³/mol. The van der Waals surface area contributed by atoms with E-state index in [-0.39, 0.29) is 29.7 Å². The largest absolute Gasteiger partial charge is 0.486 e. The Balaban J connectivity index is 1.38. The summed E-state index contributed by atoms with van der Waals surface area (Å²) in [5.74, 6) is 0.167. The second-order valence-electron chi connectivity index (χ2n) is 7.90. The van der Waals surface area contributed by atoms with Crippen LogP contribution >= 0.6 is 0 Å². The van der Waals surface area contributed by atoms with Gasteiger partial charge in [0.15, 0.2) is 11.5 Å². The van der Waals surface area contributed by atoms with Gasteiger partial charge in [0, 0.05) is 18.0 Å². The Morgan fingerprint density at radius 3 is 2.29 bits per heavy atom. The normalized spacial score (nSPS) is 12.3. The highest BCUT2D eigenvalue weighted by Crippen LogP contribution is 2.33. The summed E-state index contributed by atoms with van der Waals surface area (Å²) in [6.07, 6.45) is 1.57. The molecule has 4 aromatic rings. The second-order valence-corrected chi connectivity index (χ2v) is 7.90. The van der Waals surface area contributed by atoms with Gasteiger partial charge in [0.2, 0.25) is 5.88 Å². The number of anilines is 1. The lowest BCUT2D eigenvalue weighted by atomic mass is 10.2. The van der Waals surface area contributed by atoms with Crippen molar-refractivity contribution in [2.75, 3.05) is 18.5 Å². The van der Waals surface area contributed by atoms with Gasteiger partial charge < -0.3 is 19.5 Å². The third-order valence-corrected chi connectivity index (χ3v) is 5.32. The molecule has 0 unspecified atom stereocenters. The van der Waals surface area contributed by atoms with Crippen molar-refractivity contribution in [2.24, 2.45) is 0 Å². The minimum absolute atomic E-state index is 0.0954. The van der Waals surface area contributed by atoms with Gasteiger partial charge in [0.05, 0.1) is 6.54 Å². The molecule has 0 atom stereocenters. The van der Waals surface area contributed by atoms with Gasteiger partial charge >= 0.3 is 0 Å². The molecule has 0 aliphatic carbocycles. The molecule has 0 radical (unpaired) electrons. The number of ether oxygens (including phenoxy) is 3. The highest BCUT2D eigenvalue weighted by Gasteiger charge is 2.20. The van der Waals surface area contributed by atoms with Crippen molar-refractivity contribution in [3.05, 3.63) is 101 Å². The molecule has 0 saturated carbocycles. The van der Waals surface area contributed by atoms with Crippen molar-refractivity contribution in [3.8, 4) is 17.4 Å². The van der Waals surface area contributed by atoms with Crippen molar-refractivity contribution in [1.82, 2.24) is 9.78 Å². The summed E-state index contributed by atoms with van der Waals surface area (Å²) in [7, 11) is 0. The van der Waals surface area contributed by atoms with Crippen LogP contribution in [0.5, 0.6) is 17.4 Å². The maximum absolute atomic E-state index is 13.3. The fourth-order valence-electron chi connectivity index (χ4n) is 3.58. The summed E-state index contributed by atoms with van der Waals surface area (Å²) in [5, 5.41) is 7.25. The van der Waals surface area contributed by atoms with E-state index in [0.29, 0.717) is 36.9 Å². The van der Waals surface area contributed by atoms with Crippen LogP contribution in [-0.4, -0.2) is 28.9 Å². The standard InChI is InChI=1S/C26H21F2N3O4/c27-19-5-1-17(2-6-19)14-31-15-22(26(30-31)35-16-18-3-7-20(28)8-4-18)25(32)29-21-9-10-23-24(13-21)34-12-11-33-23/h1-10,13,15H,11-12,14,16H2,(H,29,32). The van der Waals surface area contributed by atoms with E-state index in [1.807, 2.05) is 0 Å². The topological polar surface area (TPSA) is 74.6 Å². The van der Waals surface area contributed by atoms with Crippen molar-refractivity contribution in [1.29, 1.82) is 0 Å². The van der Waals surface area contributed by atoms with E-state index in [0.717, 1.165) is 11.1 Å². The molecule has 0 bridgehead atoms. The number of nitrogens with zero attached hydrogens (tertiary/aromatic N) is 2. The molecule has 1 N–H and O–H groups in total. The molecule has 3 aromatic carbocycles. The molecule has 178 valence electrons. The summed E-state index contributed by atoms with van der Waals surface area (Å²) in [5.41, 5.74) is 2.26. The monoisotopic (exact) mass is 477 g/mol. The van der Waals surface area contributed by atoms with Gasteiger partial charge in [0.1, 0.15) is 37.0 Å². The molecule has 7 nitrogen and oxygen atoms in total. The number of carbonyl (C=O) groups is 1. The lowest BCUT2D eigenvalue weighted by Gasteiger charge is -2.19. The van der Waals surface area contributed by atoms with Crippen molar-refractivity contribution in [2.45, 2.75) is 13.2 Å². The molecule has 5 rings (SSSR count). The molecule has 2 heterocycles. The second kappa shape index (κ2) is 9.84. The average molecular weight is 477 g/mol. The summed E-state index contributed by atoms with van der Waals surface area (Å²) in [4.78, 5) is 13.2. The Morgan fingerprint density at radius 1 is 0.914 bits per heavy atom. The number of hydrogen-bond donors (Lipinski definition) is 1. The zero-order valence-electron chi connectivity index (χ0n) is 18.5. The van der Waals surface area contributed by atoms with Crippen LogP contribution in [0.25, 0.3) is 0 Å². The Kier molecular flexibility index (Phi) is 6.30. The molecule has 1 aromatic heterocycles. The van der Waals surface area contributed by atoms with Gasteiger partial charge in [-0.3, -0.25) is 9.48 Å². The number of carbonyl (C=O) groups excluding carboxylic acids is 1. The molecular formula is C26H21F2N3O4. The minimum atomic E-state index is -0.429. The third-order valence-electron chi connectivity index (χ3n) is 5.32. The Morgan fingerprint density at radius 2 is 1.57 bits per heavy atom. The molecule has 9 heteroatoms. The van der Waals surface area contributed by atoms with Gasteiger partial charge in [0.25, 0.3) is 5.91 Å². The van der Waals surface area contributed by atoms with Gasteiger partial charge in [-0.15, -0.1) is 5.10 Å². The highest BCUT2D eigenvalue weighted by atomic mass is 19.1. The first kappa shape index (κ1) is 22.4. The van der Waals surface area contributed by atoms with E-state index in [9.17, 15) is 13.6 Å². The van der Waals surface area contributed by atoms with E-state index < -0.39 is 5.91 Å². The molecule has 0 fully saturated rings. The van der Waals surface area contributed by atoms with Crippen LogP contribution in [0.1, 0.15) is 21.5 Å². The Hall–Kier alpha value is -4.40. The predicted octanol–water partition coefficient (Wildman–Crippen LogP) is 4.81. The third kappa shape index (κ3) is 5.40. The summed E-state index contributed by atoms with van der Waals surface area (Å²) < 4.78 is 45.0. The number of aromatic nitrogens is 2. The Labute approximate surface area is 199 Å². The number of benzene rings is 3. The Bertz CT molecular complexity index is 1340. The zero-order chi connectivity index (χ0) is 24.2.